The number of carbonyl (C=O) groups is 1. The van der Waals surface area contributed by atoms with E-state index in [1.807, 2.05) is 23.1 Å². The third-order valence-electron chi connectivity index (χ3n) is 6.65. The minimum atomic E-state index is -0.499. The fourth-order valence-corrected chi connectivity index (χ4v) is 5.49. The Labute approximate surface area is 215 Å². The Balaban J connectivity index is 1.36. The predicted octanol–water partition coefficient (Wildman–Crippen LogP) is 0.958. The van der Waals surface area contributed by atoms with Gasteiger partial charge in [-0.25, -0.2) is 9.78 Å². The van der Waals surface area contributed by atoms with Crippen molar-refractivity contribution in [2.24, 2.45) is 4.99 Å². The lowest BCUT2D eigenvalue weighted by molar-refractivity contribution is 0.0642. The van der Waals surface area contributed by atoms with E-state index >= 15 is 0 Å². The molecule has 0 unspecified atom stereocenters. The van der Waals surface area contributed by atoms with E-state index in [1.165, 1.54) is 11.3 Å². The SMILES string of the molecule is CCCN1CCN(C(=O)c2ccc(-c3cc(=NC4CC4)n4ncc(=Cc5[nH]c(=O)[nH]c5O)c4n3)s2)CC1. The molecule has 0 bridgehead atoms. The van der Waals surface area contributed by atoms with Crippen molar-refractivity contribution in [3.05, 3.63) is 56.2 Å². The molecule has 6 rings (SSSR count). The highest BCUT2D eigenvalue weighted by molar-refractivity contribution is 7.17. The van der Waals surface area contributed by atoms with Crippen molar-refractivity contribution in [3.63, 3.8) is 0 Å². The lowest BCUT2D eigenvalue weighted by Gasteiger charge is -2.34. The summed E-state index contributed by atoms with van der Waals surface area (Å²) in [7, 11) is 0. The van der Waals surface area contributed by atoms with E-state index in [9.17, 15) is 14.7 Å². The molecule has 4 aromatic heterocycles. The van der Waals surface area contributed by atoms with Crippen LogP contribution in [0.1, 0.15) is 41.6 Å². The number of hydrogen-bond donors (Lipinski definition) is 3. The minimum Gasteiger partial charge on any atom is -0.493 e. The fourth-order valence-electron chi connectivity index (χ4n) is 4.56. The molecular weight excluding hydrogens is 492 g/mol. The standard InChI is InChI=1S/C25H28N8O3S/c1-2-7-31-8-10-32(11-9-31)24(35)20-6-5-19(37-20)17-13-21(27-16-3-4-16)33-22(28-17)15(14-26-33)12-18-23(34)30-25(36)29-18/h5-6,12-14,16,34H,2-4,7-11H2,1H3,(H2,29,30,36). The van der Waals surface area contributed by atoms with Crippen LogP contribution in [0.15, 0.2) is 34.2 Å². The zero-order chi connectivity index (χ0) is 25.5. The molecule has 0 aromatic carbocycles. The zero-order valence-corrected chi connectivity index (χ0v) is 21.3. The van der Waals surface area contributed by atoms with Crippen molar-refractivity contribution < 1.29 is 9.90 Å². The number of thiophene rings is 1. The number of imidazole rings is 1. The lowest BCUT2D eigenvalue weighted by atomic mass is 10.2. The summed E-state index contributed by atoms with van der Waals surface area (Å²) >= 11 is 1.43. The van der Waals surface area contributed by atoms with Crippen LogP contribution in [0, 0.1) is 0 Å². The van der Waals surface area contributed by atoms with Crippen molar-refractivity contribution in [1.82, 2.24) is 34.4 Å². The van der Waals surface area contributed by atoms with Crippen LogP contribution in [0.2, 0.25) is 0 Å². The van der Waals surface area contributed by atoms with Gasteiger partial charge in [0.2, 0.25) is 5.88 Å². The molecule has 0 atom stereocenters. The van der Waals surface area contributed by atoms with Gasteiger partial charge in [0.15, 0.2) is 11.1 Å². The number of fused-ring (bicyclic) bond motifs is 1. The van der Waals surface area contributed by atoms with E-state index in [0.29, 0.717) is 26.9 Å². The van der Waals surface area contributed by atoms with Crippen LogP contribution in [0.3, 0.4) is 0 Å². The monoisotopic (exact) mass is 520 g/mol. The molecule has 0 spiro atoms. The first kappa shape index (κ1) is 23.6. The summed E-state index contributed by atoms with van der Waals surface area (Å²) in [5.74, 6) is -0.193. The Morgan fingerprint density at radius 3 is 2.76 bits per heavy atom. The number of H-pyrrole nitrogens is 2. The van der Waals surface area contributed by atoms with Gasteiger partial charge in [-0.05, 0) is 44.0 Å². The van der Waals surface area contributed by atoms with Crippen LogP contribution in [-0.4, -0.2) is 84.1 Å². The van der Waals surface area contributed by atoms with Crippen molar-refractivity contribution >= 4 is 29.0 Å². The second-order valence-corrected chi connectivity index (χ2v) is 10.6. The lowest BCUT2D eigenvalue weighted by Crippen LogP contribution is -2.48. The summed E-state index contributed by atoms with van der Waals surface area (Å²) in [6, 6.07) is 5.98. The molecule has 11 nitrogen and oxygen atoms in total. The highest BCUT2D eigenvalue weighted by Crippen LogP contribution is 2.28. The number of piperazine rings is 1. The van der Waals surface area contributed by atoms with Crippen LogP contribution in [0.5, 0.6) is 5.88 Å². The molecule has 4 aromatic rings. The summed E-state index contributed by atoms with van der Waals surface area (Å²) in [6.07, 6.45) is 6.46. The molecule has 1 aliphatic heterocycles. The van der Waals surface area contributed by atoms with Gasteiger partial charge in [-0.3, -0.25) is 19.7 Å². The molecule has 1 amide bonds. The van der Waals surface area contributed by atoms with E-state index in [4.69, 9.17) is 9.98 Å². The van der Waals surface area contributed by atoms with Crippen molar-refractivity contribution in [1.29, 1.82) is 0 Å². The largest absolute Gasteiger partial charge is 0.493 e. The van der Waals surface area contributed by atoms with Gasteiger partial charge in [-0.1, -0.05) is 6.92 Å². The highest BCUT2D eigenvalue weighted by Gasteiger charge is 2.24. The molecule has 0 radical (unpaired) electrons. The Kier molecular flexibility index (Phi) is 6.13. The molecule has 1 aliphatic carbocycles. The number of aromatic hydroxyl groups is 1. The van der Waals surface area contributed by atoms with Gasteiger partial charge in [0, 0.05) is 37.5 Å². The molecule has 1 saturated carbocycles. The van der Waals surface area contributed by atoms with Crippen molar-refractivity contribution in [3.8, 4) is 16.5 Å². The molecule has 1 saturated heterocycles. The summed E-state index contributed by atoms with van der Waals surface area (Å²) in [5, 5.41) is 15.1. The van der Waals surface area contributed by atoms with E-state index in [2.05, 4.69) is 26.9 Å². The fraction of sp³-hybridized carbons (Fsp3) is 0.400. The normalized spacial score (nSPS) is 17.8. The Bertz CT molecular complexity index is 1640. The average molecular weight is 521 g/mol. The summed E-state index contributed by atoms with van der Waals surface area (Å²) in [6.45, 7) is 6.54. The van der Waals surface area contributed by atoms with Crippen LogP contribution in [-0.2, 0) is 0 Å². The van der Waals surface area contributed by atoms with Crippen molar-refractivity contribution in [2.75, 3.05) is 32.7 Å². The van der Waals surface area contributed by atoms with Gasteiger partial charge < -0.3 is 15.0 Å². The summed E-state index contributed by atoms with van der Waals surface area (Å²) in [5.41, 5.74) is 1.68. The molecule has 2 aliphatic rings. The topological polar surface area (TPSA) is 135 Å². The number of nitrogens with zero attached hydrogens (tertiary/aromatic N) is 6. The number of aromatic amines is 2. The first-order valence-electron chi connectivity index (χ1n) is 12.6. The Morgan fingerprint density at radius 1 is 1.24 bits per heavy atom. The van der Waals surface area contributed by atoms with Crippen LogP contribution in [0.25, 0.3) is 22.3 Å². The number of nitrogens with one attached hydrogen (secondary N) is 2. The van der Waals surface area contributed by atoms with Gasteiger partial charge >= 0.3 is 5.69 Å². The third kappa shape index (κ3) is 4.81. The number of aromatic nitrogens is 5. The highest BCUT2D eigenvalue weighted by atomic mass is 32.1. The minimum absolute atomic E-state index is 0.0571. The molecule has 37 heavy (non-hydrogen) atoms. The smallest absolute Gasteiger partial charge is 0.326 e. The van der Waals surface area contributed by atoms with Gasteiger partial charge in [0.1, 0.15) is 5.69 Å². The maximum absolute atomic E-state index is 13.2. The molecule has 3 N–H and O–H groups in total. The molecule has 12 heteroatoms. The van der Waals surface area contributed by atoms with Gasteiger partial charge in [0.25, 0.3) is 5.91 Å². The zero-order valence-electron chi connectivity index (χ0n) is 20.5. The number of rotatable bonds is 6. The van der Waals surface area contributed by atoms with E-state index in [-0.39, 0.29) is 23.5 Å². The molecule has 192 valence electrons. The Hall–Kier alpha value is -3.77. The molecule has 5 heterocycles. The van der Waals surface area contributed by atoms with E-state index in [0.717, 1.165) is 56.9 Å². The van der Waals surface area contributed by atoms with E-state index in [1.54, 1.807) is 16.8 Å². The predicted molar refractivity (Wildman–Crippen MR) is 139 cm³/mol. The second-order valence-electron chi connectivity index (χ2n) is 9.48. The van der Waals surface area contributed by atoms with Gasteiger partial charge in [-0.2, -0.15) is 9.61 Å². The number of amides is 1. The summed E-state index contributed by atoms with van der Waals surface area (Å²) in [4.78, 5) is 45.2. The number of carbonyl (C=O) groups excluding carboxylic acids is 1. The van der Waals surface area contributed by atoms with Gasteiger partial charge in [0.05, 0.1) is 27.7 Å². The maximum atomic E-state index is 13.2. The first-order valence-corrected chi connectivity index (χ1v) is 13.4. The van der Waals surface area contributed by atoms with Crippen molar-refractivity contribution in [2.45, 2.75) is 32.2 Å². The Morgan fingerprint density at radius 2 is 2.05 bits per heavy atom. The third-order valence-corrected chi connectivity index (χ3v) is 7.74. The average Bonchev–Trinajstić information content (AvgIpc) is 3.26. The molecular formula is C25H28N8O3S. The van der Waals surface area contributed by atoms with Crippen LogP contribution in [0.4, 0.5) is 0 Å². The molecule has 2 fully saturated rings. The quantitative estimate of drug-likeness (QED) is 0.347. The van der Waals surface area contributed by atoms with E-state index < -0.39 is 5.69 Å². The maximum Gasteiger partial charge on any atom is 0.326 e. The van der Waals surface area contributed by atoms with Crippen LogP contribution >= 0.6 is 11.3 Å². The first-order chi connectivity index (χ1) is 18.0. The number of hydrogen-bond acceptors (Lipinski definition) is 8. The second kappa shape index (κ2) is 9.60. The van der Waals surface area contributed by atoms with Crippen LogP contribution < -0.4 is 16.4 Å². The summed E-state index contributed by atoms with van der Waals surface area (Å²) < 4.78 is 1.67. The van der Waals surface area contributed by atoms with Gasteiger partial charge in [-0.15, -0.1) is 11.3 Å².